The van der Waals surface area contributed by atoms with Crippen molar-refractivity contribution in [2.24, 2.45) is 0 Å². The summed E-state index contributed by atoms with van der Waals surface area (Å²) in [5.74, 6) is -0.932. The van der Waals surface area contributed by atoms with Gasteiger partial charge in [-0.2, -0.15) is 0 Å². The van der Waals surface area contributed by atoms with E-state index in [9.17, 15) is 4.79 Å². The van der Waals surface area contributed by atoms with Crippen molar-refractivity contribution in [1.29, 1.82) is 0 Å². The van der Waals surface area contributed by atoms with E-state index in [4.69, 9.17) is 5.11 Å². The predicted octanol–water partition coefficient (Wildman–Crippen LogP) is 4.13. The number of carboxylic acid groups (broad SMARTS) is 1. The van der Waals surface area contributed by atoms with E-state index in [2.05, 4.69) is 0 Å². The minimum absolute atomic E-state index is 0.737. The Morgan fingerprint density at radius 1 is 0.900 bits per heavy atom. The highest BCUT2D eigenvalue weighted by Crippen LogP contribution is 2.25. The SMILES string of the molecule is Cc1ccc(/C(=C/C(=O)O)c2ccc(C)c(C)c2)cc1. The third kappa shape index (κ3) is 3.15. The Hall–Kier alpha value is -2.35. The van der Waals surface area contributed by atoms with Gasteiger partial charge in [0.05, 0.1) is 0 Å². The molecule has 2 heteroatoms. The molecule has 2 aromatic carbocycles. The highest BCUT2D eigenvalue weighted by Gasteiger charge is 2.08. The second-order valence-electron chi connectivity index (χ2n) is 5.06. The molecule has 2 rings (SSSR count). The van der Waals surface area contributed by atoms with Crippen LogP contribution in [0.4, 0.5) is 0 Å². The highest BCUT2D eigenvalue weighted by atomic mass is 16.4. The number of carbonyl (C=O) groups is 1. The lowest BCUT2D eigenvalue weighted by Gasteiger charge is -2.10. The molecule has 0 heterocycles. The van der Waals surface area contributed by atoms with Crippen LogP contribution in [0, 0.1) is 20.8 Å². The van der Waals surface area contributed by atoms with Crippen LogP contribution in [0.3, 0.4) is 0 Å². The molecule has 0 aliphatic rings. The topological polar surface area (TPSA) is 37.3 Å². The van der Waals surface area contributed by atoms with Crippen molar-refractivity contribution in [2.75, 3.05) is 0 Å². The van der Waals surface area contributed by atoms with Crippen LogP contribution in [0.15, 0.2) is 48.5 Å². The lowest BCUT2D eigenvalue weighted by molar-refractivity contribution is -0.131. The summed E-state index contributed by atoms with van der Waals surface area (Å²) in [7, 11) is 0. The van der Waals surface area contributed by atoms with Crippen LogP contribution in [0.1, 0.15) is 27.8 Å². The molecule has 102 valence electrons. The Morgan fingerprint density at radius 2 is 1.50 bits per heavy atom. The van der Waals surface area contributed by atoms with Gasteiger partial charge in [0.25, 0.3) is 0 Å². The maximum Gasteiger partial charge on any atom is 0.328 e. The molecule has 1 N–H and O–H groups in total. The molecule has 0 radical (unpaired) electrons. The first-order chi connectivity index (χ1) is 9.47. The Balaban J connectivity index is 2.56. The molecule has 0 fully saturated rings. The Labute approximate surface area is 119 Å². The highest BCUT2D eigenvalue weighted by molar-refractivity contribution is 5.95. The molecule has 0 atom stereocenters. The Kier molecular flexibility index (Phi) is 4.04. The van der Waals surface area contributed by atoms with Gasteiger partial charge >= 0.3 is 5.97 Å². The van der Waals surface area contributed by atoms with E-state index in [1.54, 1.807) is 0 Å². The third-order valence-corrected chi connectivity index (χ3v) is 3.45. The van der Waals surface area contributed by atoms with E-state index in [1.165, 1.54) is 11.6 Å². The zero-order valence-corrected chi connectivity index (χ0v) is 12.0. The van der Waals surface area contributed by atoms with E-state index in [0.29, 0.717) is 0 Å². The zero-order chi connectivity index (χ0) is 14.7. The van der Waals surface area contributed by atoms with E-state index in [1.807, 2.05) is 63.2 Å². The van der Waals surface area contributed by atoms with Crippen LogP contribution >= 0.6 is 0 Å². The lowest BCUT2D eigenvalue weighted by Crippen LogP contribution is -1.96. The summed E-state index contributed by atoms with van der Waals surface area (Å²) in [5.41, 5.74) is 6.10. The third-order valence-electron chi connectivity index (χ3n) is 3.45. The smallest absolute Gasteiger partial charge is 0.328 e. The Bertz CT molecular complexity index is 664. The summed E-state index contributed by atoms with van der Waals surface area (Å²) in [5, 5.41) is 9.11. The molecular formula is C18H18O2. The van der Waals surface area contributed by atoms with Crippen molar-refractivity contribution in [3.8, 4) is 0 Å². The molecule has 20 heavy (non-hydrogen) atoms. The van der Waals surface area contributed by atoms with Crippen molar-refractivity contribution >= 4 is 11.5 Å². The molecular weight excluding hydrogens is 248 g/mol. The van der Waals surface area contributed by atoms with Crippen molar-refractivity contribution in [2.45, 2.75) is 20.8 Å². The van der Waals surface area contributed by atoms with E-state index >= 15 is 0 Å². The molecule has 0 spiro atoms. The van der Waals surface area contributed by atoms with Gasteiger partial charge in [-0.05, 0) is 48.6 Å². The molecule has 0 saturated carbocycles. The second-order valence-corrected chi connectivity index (χ2v) is 5.06. The first-order valence-corrected chi connectivity index (χ1v) is 6.56. The van der Waals surface area contributed by atoms with Gasteiger partial charge in [0.2, 0.25) is 0 Å². The summed E-state index contributed by atoms with van der Waals surface area (Å²) in [6.45, 7) is 6.10. The van der Waals surface area contributed by atoms with Gasteiger partial charge in [-0.15, -0.1) is 0 Å². The summed E-state index contributed by atoms with van der Waals surface area (Å²) in [4.78, 5) is 11.1. The first kappa shape index (κ1) is 14.1. The Morgan fingerprint density at radius 3 is 2.05 bits per heavy atom. The van der Waals surface area contributed by atoms with Crippen LogP contribution in [0.2, 0.25) is 0 Å². The van der Waals surface area contributed by atoms with E-state index in [-0.39, 0.29) is 0 Å². The van der Waals surface area contributed by atoms with Gasteiger partial charge in [-0.25, -0.2) is 4.79 Å². The summed E-state index contributed by atoms with van der Waals surface area (Å²) in [6, 6.07) is 13.9. The fourth-order valence-corrected chi connectivity index (χ4v) is 2.10. The number of carboxylic acids is 1. The molecule has 2 nitrogen and oxygen atoms in total. The molecule has 0 unspecified atom stereocenters. The molecule has 0 bridgehead atoms. The fourth-order valence-electron chi connectivity index (χ4n) is 2.10. The zero-order valence-electron chi connectivity index (χ0n) is 12.0. The van der Waals surface area contributed by atoms with Gasteiger partial charge in [-0.1, -0.05) is 48.0 Å². The average Bonchev–Trinajstić information content (AvgIpc) is 2.40. The van der Waals surface area contributed by atoms with Crippen LogP contribution in [0.5, 0.6) is 0 Å². The number of aryl methyl sites for hydroxylation is 3. The van der Waals surface area contributed by atoms with Gasteiger partial charge in [-0.3, -0.25) is 0 Å². The fraction of sp³-hybridized carbons (Fsp3) is 0.167. The van der Waals surface area contributed by atoms with Crippen LogP contribution < -0.4 is 0 Å². The second kappa shape index (κ2) is 5.74. The van der Waals surface area contributed by atoms with Crippen LogP contribution in [-0.2, 0) is 4.79 Å². The average molecular weight is 266 g/mol. The summed E-state index contributed by atoms with van der Waals surface area (Å²) in [6.07, 6.45) is 1.27. The molecule has 0 amide bonds. The van der Waals surface area contributed by atoms with Crippen molar-refractivity contribution in [3.05, 3.63) is 76.4 Å². The van der Waals surface area contributed by atoms with Crippen molar-refractivity contribution < 1.29 is 9.90 Å². The van der Waals surface area contributed by atoms with Crippen LogP contribution in [0.25, 0.3) is 5.57 Å². The van der Waals surface area contributed by atoms with Gasteiger partial charge in [0.15, 0.2) is 0 Å². The van der Waals surface area contributed by atoms with E-state index in [0.717, 1.165) is 27.8 Å². The minimum atomic E-state index is -0.932. The summed E-state index contributed by atoms with van der Waals surface area (Å²) >= 11 is 0. The van der Waals surface area contributed by atoms with Crippen molar-refractivity contribution in [1.82, 2.24) is 0 Å². The number of aliphatic carboxylic acids is 1. The maximum atomic E-state index is 11.1. The molecule has 0 aliphatic heterocycles. The minimum Gasteiger partial charge on any atom is -0.478 e. The number of rotatable bonds is 3. The normalized spacial score (nSPS) is 11.4. The van der Waals surface area contributed by atoms with Crippen molar-refractivity contribution in [3.63, 3.8) is 0 Å². The summed E-state index contributed by atoms with van der Waals surface area (Å²) < 4.78 is 0. The van der Waals surface area contributed by atoms with Crippen LogP contribution in [-0.4, -0.2) is 11.1 Å². The van der Waals surface area contributed by atoms with Gasteiger partial charge < -0.3 is 5.11 Å². The number of hydrogen-bond donors (Lipinski definition) is 1. The predicted molar refractivity (Wildman–Crippen MR) is 81.8 cm³/mol. The van der Waals surface area contributed by atoms with E-state index < -0.39 is 5.97 Å². The lowest BCUT2D eigenvalue weighted by atomic mass is 9.94. The molecule has 2 aromatic rings. The van der Waals surface area contributed by atoms with Gasteiger partial charge in [0, 0.05) is 6.08 Å². The maximum absolute atomic E-state index is 11.1. The number of hydrogen-bond acceptors (Lipinski definition) is 1. The van der Waals surface area contributed by atoms with Gasteiger partial charge in [0.1, 0.15) is 0 Å². The quantitative estimate of drug-likeness (QED) is 0.848. The standard InChI is InChI=1S/C18H18O2/c1-12-4-7-15(8-5-12)17(11-18(19)20)16-9-6-13(2)14(3)10-16/h4-11H,1-3H3,(H,19,20)/b17-11-. The molecule has 0 aromatic heterocycles. The first-order valence-electron chi connectivity index (χ1n) is 6.56. The molecule has 0 aliphatic carbocycles. The number of benzene rings is 2. The largest absolute Gasteiger partial charge is 0.478 e. The monoisotopic (exact) mass is 266 g/mol. The molecule has 0 saturated heterocycles.